The van der Waals surface area contributed by atoms with Gasteiger partial charge in [0.15, 0.2) is 0 Å². The largest absolute Gasteiger partial charge is 0.496 e. The highest BCUT2D eigenvalue weighted by Gasteiger charge is 2.40. The summed E-state index contributed by atoms with van der Waals surface area (Å²) in [5.41, 5.74) is 0.825. The average molecular weight is 333 g/mol. The van der Waals surface area contributed by atoms with Crippen LogP contribution in [0.15, 0.2) is 24.3 Å². The molecule has 0 aromatic heterocycles. The van der Waals surface area contributed by atoms with Crippen molar-refractivity contribution >= 4 is 17.8 Å². The lowest BCUT2D eigenvalue weighted by atomic mass is 10.1. The van der Waals surface area contributed by atoms with Crippen LogP contribution in [0, 0.1) is 5.92 Å². The molecule has 1 saturated heterocycles. The lowest BCUT2D eigenvalue weighted by Crippen LogP contribution is -2.42. The van der Waals surface area contributed by atoms with Crippen LogP contribution in [0.3, 0.4) is 0 Å². The number of hydrogen-bond acceptors (Lipinski definition) is 4. The number of nitrogens with zero attached hydrogens (tertiary/aromatic N) is 1. The number of carbonyl (C=O) groups is 3. The summed E-state index contributed by atoms with van der Waals surface area (Å²) in [4.78, 5) is 37.3. The number of rotatable bonds is 6. The number of nitrogens with one attached hydrogen (secondary N) is 2. The maximum atomic E-state index is 12.2. The Morgan fingerprint density at radius 2 is 1.96 bits per heavy atom. The van der Waals surface area contributed by atoms with Crippen molar-refractivity contribution in [1.29, 1.82) is 0 Å². The van der Waals surface area contributed by atoms with Crippen LogP contribution in [0.4, 0.5) is 4.79 Å². The number of imide groups is 1. The highest BCUT2D eigenvalue weighted by molar-refractivity contribution is 6.06. The monoisotopic (exact) mass is 333 g/mol. The molecular formula is C17H23N3O4. The van der Waals surface area contributed by atoms with Crippen molar-refractivity contribution in [3.63, 3.8) is 0 Å². The minimum absolute atomic E-state index is 0.0259. The Balaban J connectivity index is 2.00. The first-order valence-electron chi connectivity index (χ1n) is 7.89. The Hall–Kier alpha value is -2.57. The molecule has 1 aromatic rings. The van der Waals surface area contributed by atoms with Crippen LogP contribution < -0.4 is 15.4 Å². The fourth-order valence-corrected chi connectivity index (χ4v) is 2.67. The summed E-state index contributed by atoms with van der Waals surface area (Å²) in [6.45, 7) is 5.21. The van der Waals surface area contributed by atoms with Crippen molar-refractivity contribution in [1.82, 2.24) is 15.5 Å². The number of benzene rings is 1. The molecule has 1 aromatic carbocycles. The number of ether oxygens (including phenoxy) is 1. The third kappa shape index (κ3) is 3.67. The minimum atomic E-state index is -0.572. The van der Waals surface area contributed by atoms with Gasteiger partial charge >= 0.3 is 6.03 Å². The van der Waals surface area contributed by atoms with Gasteiger partial charge in [-0.15, -0.1) is 0 Å². The normalized spacial score (nSPS) is 18.5. The predicted molar refractivity (Wildman–Crippen MR) is 88.4 cm³/mol. The number of carbonyl (C=O) groups excluding carboxylic acids is 3. The summed E-state index contributed by atoms with van der Waals surface area (Å²) in [6.07, 6.45) is 0. The van der Waals surface area contributed by atoms with Crippen LogP contribution in [0.2, 0.25) is 0 Å². The SMILES string of the molecule is COc1ccccc1C(C)NC(=O)CN1C(=O)NC(C(C)C)C1=O. The molecule has 130 valence electrons. The van der Waals surface area contributed by atoms with Crippen molar-refractivity contribution in [3.8, 4) is 5.75 Å². The van der Waals surface area contributed by atoms with E-state index in [9.17, 15) is 14.4 Å². The molecule has 1 aliphatic rings. The number of methoxy groups -OCH3 is 1. The van der Waals surface area contributed by atoms with Gasteiger partial charge < -0.3 is 15.4 Å². The van der Waals surface area contributed by atoms with Gasteiger partial charge in [-0.1, -0.05) is 32.0 Å². The molecule has 4 amide bonds. The molecule has 7 heteroatoms. The van der Waals surface area contributed by atoms with E-state index in [1.807, 2.05) is 45.0 Å². The van der Waals surface area contributed by atoms with Crippen LogP contribution in [0.25, 0.3) is 0 Å². The van der Waals surface area contributed by atoms with E-state index >= 15 is 0 Å². The van der Waals surface area contributed by atoms with Gasteiger partial charge in [0.05, 0.1) is 13.2 Å². The third-order valence-corrected chi connectivity index (χ3v) is 4.01. The van der Waals surface area contributed by atoms with Crippen LogP contribution in [-0.4, -0.2) is 42.4 Å². The lowest BCUT2D eigenvalue weighted by molar-refractivity contribution is -0.133. The maximum Gasteiger partial charge on any atom is 0.325 e. The van der Waals surface area contributed by atoms with E-state index in [1.165, 1.54) is 0 Å². The van der Waals surface area contributed by atoms with Gasteiger partial charge in [0, 0.05) is 5.56 Å². The number of urea groups is 1. The second-order valence-corrected chi connectivity index (χ2v) is 6.13. The summed E-state index contributed by atoms with van der Waals surface area (Å²) in [6, 6.07) is 5.95. The molecule has 0 bridgehead atoms. The Bertz CT molecular complexity index is 644. The first-order chi connectivity index (χ1) is 11.3. The molecule has 1 fully saturated rings. The first kappa shape index (κ1) is 17.8. The van der Waals surface area contributed by atoms with Crippen molar-refractivity contribution in [3.05, 3.63) is 29.8 Å². The summed E-state index contributed by atoms with van der Waals surface area (Å²) in [5, 5.41) is 5.39. The summed E-state index contributed by atoms with van der Waals surface area (Å²) in [5.74, 6) is -0.126. The smallest absolute Gasteiger partial charge is 0.325 e. The van der Waals surface area contributed by atoms with Crippen molar-refractivity contribution < 1.29 is 19.1 Å². The zero-order chi connectivity index (χ0) is 17.9. The molecule has 0 saturated carbocycles. The van der Waals surface area contributed by atoms with Gasteiger partial charge in [-0.3, -0.25) is 14.5 Å². The van der Waals surface area contributed by atoms with E-state index in [2.05, 4.69) is 10.6 Å². The van der Waals surface area contributed by atoms with Gasteiger partial charge in [-0.25, -0.2) is 4.79 Å². The molecule has 0 spiro atoms. The van der Waals surface area contributed by atoms with Crippen LogP contribution in [-0.2, 0) is 9.59 Å². The Morgan fingerprint density at radius 1 is 1.29 bits per heavy atom. The standard InChI is InChI=1S/C17H23N3O4/c1-10(2)15-16(22)20(17(23)19-15)9-14(21)18-11(3)12-7-5-6-8-13(12)24-4/h5-8,10-11,15H,9H2,1-4H3,(H,18,21)(H,19,23). The summed E-state index contributed by atoms with van der Waals surface area (Å²) >= 11 is 0. The molecule has 2 atom stereocenters. The fourth-order valence-electron chi connectivity index (χ4n) is 2.67. The Kier molecular flexibility index (Phi) is 5.43. The Morgan fingerprint density at radius 3 is 2.54 bits per heavy atom. The third-order valence-electron chi connectivity index (χ3n) is 4.01. The second kappa shape index (κ2) is 7.33. The molecule has 0 aliphatic carbocycles. The van der Waals surface area contributed by atoms with Crippen molar-refractivity contribution in [2.24, 2.45) is 5.92 Å². The molecule has 1 aliphatic heterocycles. The summed E-state index contributed by atoms with van der Waals surface area (Å²) < 4.78 is 5.28. The van der Waals surface area contributed by atoms with Gasteiger partial charge in [0.2, 0.25) is 5.91 Å². The first-order valence-corrected chi connectivity index (χ1v) is 7.89. The van der Waals surface area contributed by atoms with E-state index in [1.54, 1.807) is 7.11 Å². The van der Waals surface area contributed by atoms with Crippen LogP contribution >= 0.6 is 0 Å². The maximum absolute atomic E-state index is 12.2. The van der Waals surface area contributed by atoms with E-state index in [0.717, 1.165) is 10.5 Å². The van der Waals surface area contributed by atoms with Crippen LogP contribution in [0.5, 0.6) is 5.75 Å². The average Bonchev–Trinajstić information content (AvgIpc) is 2.83. The van der Waals surface area contributed by atoms with E-state index in [0.29, 0.717) is 5.75 Å². The second-order valence-electron chi connectivity index (χ2n) is 6.13. The van der Waals surface area contributed by atoms with Crippen LogP contribution in [0.1, 0.15) is 32.4 Å². The van der Waals surface area contributed by atoms with Gasteiger partial charge in [0.1, 0.15) is 18.3 Å². The zero-order valence-electron chi connectivity index (χ0n) is 14.3. The fraction of sp³-hybridized carbons (Fsp3) is 0.471. The number of para-hydroxylation sites is 1. The number of amides is 4. The van der Waals surface area contributed by atoms with E-state index < -0.39 is 18.0 Å². The molecule has 24 heavy (non-hydrogen) atoms. The highest BCUT2D eigenvalue weighted by Crippen LogP contribution is 2.24. The summed E-state index contributed by atoms with van der Waals surface area (Å²) in [7, 11) is 1.56. The topological polar surface area (TPSA) is 87.7 Å². The molecule has 2 unspecified atom stereocenters. The molecular weight excluding hydrogens is 310 g/mol. The quantitative estimate of drug-likeness (QED) is 0.771. The molecule has 2 rings (SSSR count). The molecule has 0 radical (unpaired) electrons. The minimum Gasteiger partial charge on any atom is -0.496 e. The van der Waals surface area contributed by atoms with Gasteiger partial charge in [0.25, 0.3) is 5.91 Å². The van der Waals surface area contributed by atoms with Gasteiger partial charge in [-0.05, 0) is 18.9 Å². The molecule has 1 heterocycles. The van der Waals surface area contributed by atoms with Crippen molar-refractivity contribution in [2.75, 3.05) is 13.7 Å². The number of hydrogen-bond donors (Lipinski definition) is 2. The van der Waals surface area contributed by atoms with Gasteiger partial charge in [-0.2, -0.15) is 0 Å². The molecule has 2 N–H and O–H groups in total. The molecule has 7 nitrogen and oxygen atoms in total. The zero-order valence-corrected chi connectivity index (χ0v) is 14.3. The van der Waals surface area contributed by atoms with E-state index in [-0.39, 0.29) is 24.4 Å². The van der Waals surface area contributed by atoms with E-state index in [4.69, 9.17) is 4.74 Å². The predicted octanol–water partition coefficient (Wildman–Crippen LogP) is 1.45. The van der Waals surface area contributed by atoms with Crippen molar-refractivity contribution in [2.45, 2.75) is 32.9 Å². The highest BCUT2D eigenvalue weighted by atomic mass is 16.5. The Labute approximate surface area is 141 Å². The lowest BCUT2D eigenvalue weighted by Gasteiger charge is -2.19.